The topological polar surface area (TPSA) is 122 Å². The van der Waals surface area contributed by atoms with Crippen molar-refractivity contribution in [2.45, 2.75) is 84.2 Å². The van der Waals surface area contributed by atoms with E-state index in [9.17, 15) is 9.90 Å². The number of carbonyl (C=O) groups excluding carboxylic acids is 1. The van der Waals surface area contributed by atoms with Gasteiger partial charge in [0.2, 0.25) is 5.91 Å². The second-order valence-electron chi connectivity index (χ2n) is 11.7. The number of aliphatic hydroxyl groups excluding tert-OH is 1. The van der Waals surface area contributed by atoms with Gasteiger partial charge in [-0.05, 0) is 54.7 Å². The summed E-state index contributed by atoms with van der Waals surface area (Å²) in [6, 6.07) is 5.58. The zero-order valence-electron chi connectivity index (χ0n) is 25.7. The Labute approximate surface area is 241 Å². The second kappa shape index (κ2) is 17.8. The number of benzene rings is 1. The third-order valence-electron chi connectivity index (χ3n) is 8.01. The van der Waals surface area contributed by atoms with E-state index < -0.39 is 12.1 Å². The lowest BCUT2D eigenvalue weighted by atomic mass is 9.81. The van der Waals surface area contributed by atoms with E-state index in [1.165, 1.54) is 0 Å². The lowest BCUT2D eigenvalue weighted by Crippen LogP contribution is -2.44. The van der Waals surface area contributed by atoms with Crippen molar-refractivity contribution in [3.8, 4) is 11.5 Å². The lowest BCUT2D eigenvalue weighted by molar-refractivity contribution is -0.128. The number of hydrogen-bond acceptors (Lipinski definition) is 8. The number of ether oxygens (including phenoxy) is 5. The minimum absolute atomic E-state index is 0.0464. The van der Waals surface area contributed by atoms with Crippen molar-refractivity contribution >= 4 is 5.91 Å². The molecule has 6 atom stereocenters. The molecular weight excluding hydrogens is 512 g/mol. The average molecular weight is 567 g/mol. The van der Waals surface area contributed by atoms with E-state index in [0.717, 1.165) is 30.6 Å². The summed E-state index contributed by atoms with van der Waals surface area (Å²) in [5.74, 6) is 1.69. The van der Waals surface area contributed by atoms with Crippen molar-refractivity contribution in [3.63, 3.8) is 0 Å². The van der Waals surface area contributed by atoms with Gasteiger partial charge in [-0.1, -0.05) is 33.8 Å². The molecule has 4 unspecified atom stereocenters. The zero-order chi connectivity index (χ0) is 29.7. The van der Waals surface area contributed by atoms with Gasteiger partial charge < -0.3 is 39.8 Å². The first-order valence-corrected chi connectivity index (χ1v) is 14.7. The Morgan fingerprint density at radius 2 is 1.85 bits per heavy atom. The largest absolute Gasteiger partial charge is 0.493 e. The van der Waals surface area contributed by atoms with Crippen molar-refractivity contribution in [2.24, 2.45) is 29.4 Å². The zero-order valence-corrected chi connectivity index (χ0v) is 25.7. The van der Waals surface area contributed by atoms with E-state index in [1.807, 2.05) is 26.0 Å². The summed E-state index contributed by atoms with van der Waals surface area (Å²) < 4.78 is 27.6. The van der Waals surface area contributed by atoms with E-state index in [1.54, 1.807) is 21.3 Å². The van der Waals surface area contributed by atoms with E-state index in [0.29, 0.717) is 50.9 Å². The summed E-state index contributed by atoms with van der Waals surface area (Å²) in [7, 11) is 4.99. The van der Waals surface area contributed by atoms with Crippen LogP contribution in [0, 0.1) is 23.7 Å². The normalized spacial score (nSPS) is 20.4. The minimum Gasteiger partial charge on any atom is -0.493 e. The number of nitrogens with one attached hydrogen (secondary N) is 1. The summed E-state index contributed by atoms with van der Waals surface area (Å²) in [6.45, 7) is 10.5. The third kappa shape index (κ3) is 11.2. The van der Waals surface area contributed by atoms with Crippen molar-refractivity contribution < 1.29 is 33.6 Å². The maximum atomic E-state index is 13.0. The molecule has 2 rings (SSSR count). The molecule has 1 aromatic carbocycles. The maximum absolute atomic E-state index is 13.0. The fourth-order valence-corrected chi connectivity index (χ4v) is 5.19. The van der Waals surface area contributed by atoms with Crippen molar-refractivity contribution in [2.75, 3.05) is 47.7 Å². The molecule has 230 valence electrons. The Bertz CT molecular complexity index is 866. The molecule has 0 spiro atoms. The Hall–Kier alpha value is -1.91. The second-order valence-corrected chi connectivity index (χ2v) is 11.7. The summed E-state index contributed by atoms with van der Waals surface area (Å²) in [4.78, 5) is 13.0. The van der Waals surface area contributed by atoms with Gasteiger partial charge in [-0.3, -0.25) is 4.79 Å². The van der Waals surface area contributed by atoms with Crippen LogP contribution in [0.1, 0.15) is 58.9 Å². The summed E-state index contributed by atoms with van der Waals surface area (Å²) in [5, 5.41) is 14.1. The molecular formula is C31H54N2O7. The Morgan fingerprint density at radius 3 is 2.45 bits per heavy atom. The Kier molecular flexibility index (Phi) is 15.3. The first kappa shape index (κ1) is 34.3. The van der Waals surface area contributed by atoms with Gasteiger partial charge in [0, 0.05) is 52.2 Å². The standard InChI is InChI=1S/C31H54N2O7/c1-20(2)23(13-22-9-10-29(38-7)30(14-22)39-12-8-11-36-5)15-27(32)28(34)17-26(21(3)4)31(35)33-18-24-16-25(37-6)19-40-24/h9-10,14,20-21,23-28,34H,8,11-13,15-19,32H2,1-7H3,(H,33,35)/t23?,24-,25-,26?,27?,28?/m1/s1. The quantitative estimate of drug-likeness (QED) is 0.217. The van der Waals surface area contributed by atoms with Crippen LogP contribution >= 0.6 is 0 Å². The Morgan fingerprint density at radius 1 is 1.10 bits per heavy atom. The van der Waals surface area contributed by atoms with Gasteiger partial charge >= 0.3 is 0 Å². The summed E-state index contributed by atoms with van der Waals surface area (Å²) >= 11 is 0. The smallest absolute Gasteiger partial charge is 0.223 e. The van der Waals surface area contributed by atoms with Crippen LogP contribution in [0.15, 0.2) is 18.2 Å². The van der Waals surface area contributed by atoms with E-state index in [-0.39, 0.29) is 35.9 Å². The van der Waals surface area contributed by atoms with Gasteiger partial charge in [0.05, 0.1) is 38.6 Å². The molecule has 9 heteroatoms. The molecule has 1 aliphatic rings. The summed E-state index contributed by atoms with van der Waals surface area (Å²) in [6.07, 6.45) is 2.58. The monoisotopic (exact) mass is 566 g/mol. The van der Waals surface area contributed by atoms with Gasteiger partial charge in [-0.15, -0.1) is 0 Å². The first-order valence-electron chi connectivity index (χ1n) is 14.7. The SMILES string of the molecule is COCCCOc1cc(CC(CC(N)C(O)CC(C(=O)NC[C@H]2C[C@@H](OC)CO2)C(C)C)C(C)C)ccc1OC. The molecule has 1 saturated heterocycles. The highest BCUT2D eigenvalue weighted by molar-refractivity contribution is 5.79. The van der Waals surface area contributed by atoms with Gasteiger partial charge in [0.25, 0.3) is 0 Å². The van der Waals surface area contributed by atoms with Crippen LogP contribution in [0.25, 0.3) is 0 Å². The van der Waals surface area contributed by atoms with Crippen molar-refractivity contribution in [3.05, 3.63) is 23.8 Å². The van der Waals surface area contributed by atoms with Crippen molar-refractivity contribution in [1.82, 2.24) is 5.32 Å². The molecule has 4 N–H and O–H groups in total. The predicted molar refractivity (Wildman–Crippen MR) is 157 cm³/mol. The van der Waals surface area contributed by atoms with Gasteiger partial charge in [0.15, 0.2) is 11.5 Å². The van der Waals surface area contributed by atoms with E-state index >= 15 is 0 Å². The molecule has 0 aliphatic carbocycles. The highest BCUT2D eigenvalue weighted by atomic mass is 16.5. The lowest BCUT2D eigenvalue weighted by Gasteiger charge is -2.30. The minimum atomic E-state index is -0.782. The fourth-order valence-electron chi connectivity index (χ4n) is 5.19. The van der Waals surface area contributed by atoms with Gasteiger partial charge in [-0.2, -0.15) is 0 Å². The third-order valence-corrected chi connectivity index (χ3v) is 8.01. The van der Waals surface area contributed by atoms with Crippen LogP contribution in [0.2, 0.25) is 0 Å². The van der Waals surface area contributed by atoms with Crippen LogP contribution in [0.4, 0.5) is 0 Å². The molecule has 1 aliphatic heterocycles. The predicted octanol–water partition coefficient (Wildman–Crippen LogP) is 3.59. The molecule has 0 aromatic heterocycles. The number of amides is 1. The van der Waals surface area contributed by atoms with Gasteiger partial charge in [0.1, 0.15) is 0 Å². The highest BCUT2D eigenvalue weighted by Gasteiger charge is 2.31. The van der Waals surface area contributed by atoms with E-state index in [2.05, 4.69) is 25.2 Å². The number of carbonyl (C=O) groups is 1. The van der Waals surface area contributed by atoms with Crippen LogP contribution in [-0.4, -0.2) is 83.1 Å². The average Bonchev–Trinajstić information content (AvgIpc) is 3.40. The van der Waals surface area contributed by atoms with Crippen LogP contribution in [0.5, 0.6) is 11.5 Å². The number of rotatable bonds is 19. The first-order chi connectivity index (χ1) is 19.1. The van der Waals surface area contributed by atoms with Crippen LogP contribution < -0.4 is 20.5 Å². The molecule has 1 fully saturated rings. The Balaban J connectivity index is 1.96. The summed E-state index contributed by atoms with van der Waals surface area (Å²) in [5.41, 5.74) is 7.69. The van der Waals surface area contributed by atoms with Crippen LogP contribution in [0.3, 0.4) is 0 Å². The molecule has 9 nitrogen and oxygen atoms in total. The van der Waals surface area contributed by atoms with E-state index in [4.69, 9.17) is 29.4 Å². The van der Waals surface area contributed by atoms with Gasteiger partial charge in [-0.25, -0.2) is 0 Å². The molecule has 0 radical (unpaired) electrons. The molecule has 0 bridgehead atoms. The molecule has 40 heavy (non-hydrogen) atoms. The highest BCUT2D eigenvalue weighted by Crippen LogP contribution is 2.32. The molecule has 0 saturated carbocycles. The number of aliphatic hydroxyl groups is 1. The molecule has 1 heterocycles. The van der Waals surface area contributed by atoms with Crippen LogP contribution in [-0.2, 0) is 25.4 Å². The fraction of sp³-hybridized carbons (Fsp3) is 0.774. The number of nitrogens with two attached hydrogens (primary N) is 1. The number of methoxy groups -OCH3 is 3. The number of hydrogen-bond donors (Lipinski definition) is 3. The molecule has 1 aromatic rings. The van der Waals surface area contributed by atoms with Crippen molar-refractivity contribution in [1.29, 1.82) is 0 Å². The maximum Gasteiger partial charge on any atom is 0.223 e. The molecule has 1 amide bonds.